The van der Waals surface area contributed by atoms with Crippen LogP contribution in [-0.2, 0) is 9.22 Å². The normalized spacial score (nSPS) is 46.2. The van der Waals surface area contributed by atoms with Crippen molar-refractivity contribution in [3.05, 3.63) is 0 Å². The fraction of sp³-hybridized carbons (Fsp3) is 0.963. The van der Waals surface area contributed by atoms with E-state index in [0.717, 1.165) is 31.1 Å². The molecular weight excluding hydrogens is 384 g/mol. The third kappa shape index (κ3) is 3.15. The Bertz CT molecular complexity index is 704. The van der Waals surface area contributed by atoms with Crippen LogP contribution < -0.4 is 0 Å². The van der Waals surface area contributed by atoms with Crippen molar-refractivity contribution in [3.63, 3.8) is 0 Å². The molecule has 2 nitrogen and oxygen atoms in total. The summed E-state index contributed by atoms with van der Waals surface area (Å²) in [5.41, 5.74) is 1.01. The largest absolute Gasteiger partial charge is 0.413 e. The zero-order valence-electron chi connectivity index (χ0n) is 21.4. The van der Waals surface area contributed by atoms with Gasteiger partial charge >= 0.3 is 0 Å². The van der Waals surface area contributed by atoms with Gasteiger partial charge in [0.2, 0.25) is 0 Å². The molecule has 4 saturated carbocycles. The van der Waals surface area contributed by atoms with E-state index in [1.54, 1.807) is 0 Å². The van der Waals surface area contributed by atoms with Crippen LogP contribution in [0.1, 0.15) is 99.8 Å². The number of carbonyl (C=O) groups is 1. The lowest BCUT2D eigenvalue weighted by Crippen LogP contribution is -2.63. The van der Waals surface area contributed by atoms with E-state index in [4.69, 9.17) is 4.43 Å². The summed E-state index contributed by atoms with van der Waals surface area (Å²) in [5.74, 6) is 3.14. The predicted octanol–water partition coefficient (Wildman–Crippen LogP) is 7.62. The van der Waals surface area contributed by atoms with Crippen molar-refractivity contribution in [1.29, 1.82) is 0 Å². The highest BCUT2D eigenvalue weighted by molar-refractivity contribution is 6.74. The Hall–Kier alpha value is -0.153. The molecule has 7 atom stereocenters. The van der Waals surface area contributed by atoms with Gasteiger partial charge in [0.25, 0.3) is 0 Å². The van der Waals surface area contributed by atoms with Crippen LogP contribution in [0.5, 0.6) is 0 Å². The highest BCUT2D eigenvalue weighted by Gasteiger charge is 2.65. The highest BCUT2D eigenvalue weighted by Crippen LogP contribution is 2.70. The van der Waals surface area contributed by atoms with E-state index in [1.807, 2.05) is 0 Å². The van der Waals surface area contributed by atoms with Crippen LogP contribution in [0.2, 0.25) is 18.1 Å². The molecule has 0 radical (unpaired) electrons. The first-order valence-electron chi connectivity index (χ1n) is 12.8. The molecule has 0 spiro atoms. The Morgan fingerprint density at radius 1 is 0.867 bits per heavy atom. The quantitative estimate of drug-likeness (QED) is 0.419. The molecule has 172 valence electrons. The van der Waals surface area contributed by atoms with Crippen molar-refractivity contribution in [2.24, 2.45) is 39.9 Å². The molecule has 30 heavy (non-hydrogen) atoms. The molecule has 4 aliphatic rings. The molecule has 0 aromatic rings. The number of carbonyl (C=O) groups excluding carboxylic acids is 1. The minimum atomic E-state index is -1.77. The summed E-state index contributed by atoms with van der Waals surface area (Å²) in [4.78, 5) is 12.5. The van der Waals surface area contributed by atoms with Gasteiger partial charge in [0, 0.05) is 12.3 Å². The third-order valence-corrected chi connectivity index (χ3v) is 16.0. The van der Waals surface area contributed by atoms with Gasteiger partial charge in [-0.25, -0.2) is 0 Å². The Kier molecular flexibility index (Phi) is 5.31. The van der Waals surface area contributed by atoms with Crippen molar-refractivity contribution in [2.45, 2.75) is 124 Å². The van der Waals surface area contributed by atoms with Crippen molar-refractivity contribution in [3.8, 4) is 0 Å². The standard InChI is InChI=1S/C27H48O2Si/c1-24(2,3)30(8,9)29-23-15-17-27(7)21(25(23,4)5)14-16-26(6)19-11-12-20(28)18(19)10-13-22(26)27/h18-19,21-23H,10-17H2,1-9H3/t18-,19-,21+,22+,23+,26+,27+/m1/s1. The average molecular weight is 433 g/mol. The molecule has 0 bridgehead atoms. The molecule has 0 aliphatic heterocycles. The second kappa shape index (κ2) is 6.92. The van der Waals surface area contributed by atoms with Gasteiger partial charge in [-0.15, -0.1) is 0 Å². The van der Waals surface area contributed by atoms with E-state index in [0.29, 0.717) is 34.6 Å². The van der Waals surface area contributed by atoms with Crippen LogP contribution in [0.25, 0.3) is 0 Å². The van der Waals surface area contributed by atoms with Gasteiger partial charge in [-0.3, -0.25) is 4.79 Å². The molecule has 0 aromatic carbocycles. The van der Waals surface area contributed by atoms with E-state index in [9.17, 15) is 4.79 Å². The summed E-state index contributed by atoms with van der Waals surface area (Å²) in [6, 6.07) is 0. The molecular formula is C27H48O2Si. The minimum Gasteiger partial charge on any atom is -0.413 e. The lowest BCUT2D eigenvalue weighted by atomic mass is 9.38. The Morgan fingerprint density at radius 3 is 2.13 bits per heavy atom. The molecule has 0 N–H and O–H groups in total. The summed E-state index contributed by atoms with van der Waals surface area (Å²) < 4.78 is 7.09. The van der Waals surface area contributed by atoms with Gasteiger partial charge in [0.15, 0.2) is 8.32 Å². The van der Waals surface area contributed by atoms with Crippen LogP contribution in [0.4, 0.5) is 0 Å². The molecule has 0 aromatic heterocycles. The Morgan fingerprint density at radius 2 is 1.50 bits per heavy atom. The maximum Gasteiger partial charge on any atom is 0.192 e. The smallest absolute Gasteiger partial charge is 0.192 e. The SMILES string of the molecule is CC1(C)[C@@H](O[Si](C)(C)C(C)(C)C)CC[C@]2(C)[C@H]3CC[C@H]4C(=O)CC[C@H]4[C@]3(C)CC[C@@H]12. The number of rotatable bonds is 2. The first kappa shape index (κ1) is 23.0. The van der Waals surface area contributed by atoms with Crippen LogP contribution in [-0.4, -0.2) is 20.2 Å². The summed E-state index contributed by atoms with van der Waals surface area (Å²) in [6.45, 7) is 22.2. The molecule has 0 unspecified atom stereocenters. The van der Waals surface area contributed by atoms with Gasteiger partial charge in [-0.1, -0.05) is 48.5 Å². The number of fused-ring (bicyclic) bond motifs is 5. The second-order valence-electron chi connectivity index (χ2n) is 14.2. The number of hydrogen-bond acceptors (Lipinski definition) is 2. The van der Waals surface area contributed by atoms with Gasteiger partial charge < -0.3 is 4.43 Å². The summed E-state index contributed by atoms with van der Waals surface area (Å²) in [6.07, 6.45) is 10.0. The van der Waals surface area contributed by atoms with E-state index < -0.39 is 8.32 Å². The molecule has 0 amide bonds. The van der Waals surface area contributed by atoms with Gasteiger partial charge in [0.1, 0.15) is 5.78 Å². The van der Waals surface area contributed by atoms with Gasteiger partial charge in [-0.2, -0.15) is 0 Å². The zero-order valence-corrected chi connectivity index (χ0v) is 22.4. The van der Waals surface area contributed by atoms with Crippen LogP contribution in [0, 0.1) is 39.9 Å². The maximum atomic E-state index is 12.5. The van der Waals surface area contributed by atoms with Crippen molar-refractivity contribution in [1.82, 2.24) is 0 Å². The zero-order chi connectivity index (χ0) is 22.3. The fourth-order valence-electron chi connectivity index (χ4n) is 8.82. The molecule has 4 rings (SSSR count). The molecule has 0 saturated heterocycles. The van der Waals surface area contributed by atoms with Gasteiger partial charge in [-0.05, 0) is 97.1 Å². The van der Waals surface area contributed by atoms with Crippen molar-refractivity contribution < 1.29 is 9.22 Å². The van der Waals surface area contributed by atoms with Crippen molar-refractivity contribution in [2.75, 3.05) is 0 Å². The van der Waals surface area contributed by atoms with Gasteiger partial charge in [0.05, 0.1) is 6.10 Å². The molecule has 3 heteroatoms. The Labute approximate surface area is 187 Å². The first-order chi connectivity index (χ1) is 13.6. The predicted molar refractivity (Wildman–Crippen MR) is 128 cm³/mol. The monoisotopic (exact) mass is 432 g/mol. The highest BCUT2D eigenvalue weighted by atomic mass is 28.4. The number of ketones is 1. The fourth-order valence-corrected chi connectivity index (χ4v) is 10.3. The Balaban J connectivity index is 1.61. The van der Waals surface area contributed by atoms with Crippen LogP contribution >= 0.6 is 0 Å². The van der Waals surface area contributed by atoms with E-state index in [-0.39, 0.29) is 10.5 Å². The second-order valence-corrected chi connectivity index (χ2v) is 18.9. The molecule has 0 heterocycles. The average Bonchev–Trinajstić information content (AvgIpc) is 2.99. The van der Waals surface area contributed by atoms with Crippen LogP contribution in [0.3, 0.4) is 0 Å². The molecule has 4 fully saturated rings. The van der Waals surface area contributed by atoms with E-state index in [1.165, 1.54) is 32.1 Å². The first-order valence-corrected chi connectivity index (χ1v) is 15.8. The third-order valence-electron chi connectivity index (χ3n) is 11.5. The van der Waals surface area contributed by atoms with Crippen LogP contribution in [0.15, 0.2) is 0 Å². The van der Waals surface area contributed by atoms with Crippen molar-refractivity contribution >= 4 is 14.1 Å². The lowest BCUT2D eigenvalue weighted by molar-refractivity contribution is -0.195. The topological polar surface area (TPSA) is 26.3 Å². The number of Topliss-reactive ketones (excluding diaryl/α,β-unsaturated/α-hetero) is 1. The van der Waals surface area contributed by atoms with E-state index in [2.05, 4.69) is 61.6 Å². The number of hydrogen-bond donors (Lipinski definition) is 0. The maximum absolute atomic E-state index is 12.5. The summed E-state index contributed by atoms with van der Waals surface area (Å²) >= 11 is 0. The minimum absolute atomic E-state index is 0.228. The molecule has 4 aliphatic carbocycles. The van der Waals surface area contributed by atoms with E-state index >= 15 is 0 Å². The lowest BCUT2D eigenvalue weighted by Gasteiger charge is -2.67. The summed E-state index contributed by atoms with van der Waals surface area (Å²) in [7, 11) is -1.77. The summed E-state index contributed by atoms with van der Waals surface area (Å²) in [5, 5.41) is 0.266.